The standard InChI is InChI=1S/C22H18F3N3O/c1-14-6-7-19(10-15(14)2)28-9-8-17(12-26)20(28)21(29)27-13-16-4-3-5-18(11-16)22(23,24)25/h3-11H,13H2,1-2H3,(H,27,29). The molecule has 0 aliphatic carbocycles. The Morgan fingerprint density at radius 2 is 1.86 bits per heavy atom. The van der Waals surface area contributed by atoms with Crippen LogP contribution in [-0.2, 0) is 12.7 Å². The molecule has 3 rings (SSSR count). The summed E-state index contributed by atoms with van der Waals surface area (Å²) in [5.41, 5.74) is 2.71. The number of nitriles is 1. The van der Waals surface area contributed by atoms with Crippen molar-refractivity contribution in [1.29, 1.82) is 5.26 Å². The second kappa shape index (κ2) is 7.84. The van der Waals surface area contributed by atoms with Crippen molar-refractivity contribution < 1.29 is 18.0 Å². The number of benzene rings is 2. The molecule has 0 unspecified atom stereocenters. The highest BCUT2D eigenvalue weighted by Crippen LogP contribution is 2.29. The highest BCUT2D eigenvalue weighted by atomic mass is 19.4. The number of alkyl halides is 3. The Bertz CT molecular complexity index is 1110. The topological polar surface area (TPSA) is 57.8 Å². The first-order valence-electron chi connectivity index (χ1n) is 8.84. The molecule has 148 valence electrons. The first-order valence-corrected chi connectivity index (χ1v) is 8.84. The average Bonchev–Trinajstić information content (AvgIpc) is 3.12. The van der Waals surface area contributed by atoms with E-state index >= 15 is 0 Å². The van der Waals surface area contributed by atoms with E-state index in [0.29, 0.717) is 5.56 Å². The van der Waals surface area contributed by atoms with Crippen LogP contribution < -0.4 is 5.32 Å². The Hall–Kier alpha value is -3.53. The summed E-state index contributed by atoms with van der Waals surface area (Å²) < 4.78 is 40.2. The van der Waals surface area contributed by atoms with Gasteiger partial charge in [-0.3, -0.25) is 4.79 Å². The van der Waals surface area contributed by atoms with Crippen molar-refractivity contribution in [2.75, 3.05) is 0 Å². The SMILES string of the molecule is Cc1ccc(-n2ccc(C#N)c2C(=O)NCc2cccc(C(F)(F)F)c2)cc1C. The number of carbonyl (C=O) groups excluding carboxylic acids is 1. The minimum absolute atomic E-state index is 0.0915. The third-order valence-electron chi connectivity index (χ3n) is 4.70. The van der Waals surface area contributed by atoms with Gasteiger partial charge in [0.05, 0.1) is 11.1 Å². The maximum absolute atomic E-state index is 12.9. The number of rotatable bonds is 4. The van der Waals surface area contributed by atoms with E-state index in [-0.39, 0.29) is 17.8 Å². The quantitative estimate of drug-likeness (QED) is 0.680. The summed E-state index contributed by atoms with van der Waals surface area (Å²) >= 11 is 0. The number of nitrogens with zero attached hydrogens (tertiary/aromatic N) is 2. The smallest absolute Gasteiger partial charge is 0.347 e. The van der Waals surface area contributed by atoms with Crippen molar-refractivity contribution in [2.45, 2.75) is 26.6 Å². The molecule has 3 aromatic rings. The number of amides is 1. The molecule has 1 heterocycles. The number of carbonyl (C=O) groups is 1. The van der Waals surface area contributed by atoms with Crippen LogP contribution >= 0.6 is 0 Å². The fourth-order valence-electron chi connectivity index (χ4n) is 2.97. The molecule has 1 aromatic heterocycles. The van der Waals surface area contributed by atoms with Gasteiger partial charge in [-0.2, -0.15) is 18.4 Å². The molecule has 1 amide bonds. The maximum Gasteiger partial charge on any atom is 0.416 e. The Labute approximate surface area is 166 Å². The Morgan fingerprint density at radius 3 is 2.52 bits per heavy atom. The molecule has 29 heavy (non-hydrogen) atoms. The fourth-order valence-corrected chi connectivity index (χ4v) is 2.97. The normalized spacial score (nSPS) is 11.2. The summed E-state index contributed by atoms with van der Waals surface area (Å²) in [7, 11) is 0. The van der Waals surface area contributed by atoms with Crippen molar-refractivity contribution in [2.24, 2.45) is 0 Å². The van der Waals surface area contributed by atoms with Crippen molar-refractivity contribution in [3.8, 4) is 11.8 Å². The Morgan fingerprint density at radius 1 is 1.10 bits per heavy atom. The van der Waals surface area contributed by atoms with Crippen LogP contribution in [0.15, 0.2) is 54.7 Å². The van der Waals surface area contributed by atoms with Crippen molar-refractivity contribution >= 4 is 5.91 Å². The van der Waals surface area contributed by atoms with Crippen LogP contribution in [-0.4, -0.2) is 10.5 Å². The van der Waals surface area contributed by atoms with E-state index in [1.54, 1.807) is 10.8 Å². The fraction of sp³-hybridized carbons (Fsp3) is 0.182. The van der Waals surface area contributed by atoms with Gasteiger partial charge in [0.25, 0.3) is 5.91 Å². The van der Waals surface area contributed by atoms with E-state index in [9.17, 15) is 23.2 Å². The van der Waals surface area contributed by atoms with Crippen LogP contribution in [0.5, 0.6) is 0 Å². The summed E-state index contributed by atoms with van der Waals surface area (Å²) in [5, 5.41) is 12.0. The van der Waals surface area contributed by atoms with E-state index in [0.717, 1.165) is 28.9 Å². The lowest BCUT2D eigenvalue weighted by Crippen LogP contribution is -2.26. The monoisotopic (exact) mass is 397 g/mol. The van der Waals surface area contributed by atoms with Crippen LogP contribution in [0.2, 0.25) is 0 Å². The van der Waals surface area contributed by atoms with E-state index < -0.39 is 17.6 Å². The number of halogens is 3. The van der Waals surface area contributed by atoms with Crippen molar-refractivity contribution in [3.05, 3.63) is 88.2 Å². The average molecular weight is 397 g/mol. The summed E-state index contributed by atoms with van der Waals surface area (Å²) in [4.78, 5) is 12.8. The van der Waals surface area contributed by atoms with E-state index in [4.69, 9.17) is 0 Å². The first kappa shape index (κ1) is 20.2. The summed E-state index contributed by atoms with van der Waals surface area (Å²) in [6.45, 7) is 3.82. The molecule has 7 heteroatoms. The lowest BCUT2D eigenvalue weighted by atomic mass is 10.1. The van der Waals surface area contributed by atoms with Crippen LogP contribution in [0.1, 0.15) is 38.3 Å². The molecule has 1 N–H and O–H groups in total. The molecule has 0 saturated carbocycles. The number of aryl methyl sites for hydroxylation is 2. The van der Waals surface area contributed by atoms with Crippen LogP contribution in [0.25, 0.3) is 5.69 Å². The molecule has 0 fully saturated rings. The predicted octanol–water partition coefficient (Wildman–Crippen LogP) is 4.91. The zero-order chi connectivity index (χ0) is 21.2. The lowest BCUT2D eigenvalue weighted by molar-refractivity contribution is -0.137. The third-order valence-corrected chi connectivity index (χ3v) is 4.70. The van der Waals surface area contributed by atoms with E-state index in [1.165, 1.54) is 18.2 Å². The number of hydrogen-bond acceptors (Lipinski definition) is 2. The molecule has 2 aromatic carbocycles. The zero-order valence-electron chi connectivity index (χ0n) is 15.8. The van der Waals surface area contributed by atoms with Gasteiger partial charge in [-0.15, -0.1) is 0 Å². The maximum atomic E-state index is 12.9. The summed E-state index contributed by atoms with van der Waals surface area (Å²) in [6.07, 6.45) is -2.83. The first-order chi connectivity index (χ1) is 13.7. The van der Waals surface area contributed by atoms with Crippen molar-refractivity contribution in [3.63, 3.8) is 0 Å². The van der Waals surface area contributed by atoms with Crippen molar-refractivity contribution in [1.82, 2.24) is 9.88 Å². The summed E-state index contributed by atoms with van der Waals surface area (Å²) in [6, 6.07) is 14.0. The molecule has 0 aliphatic heterocycles. The van der Waals surface area contributed by atoms with Gasteiger partial charge < -0.3 is 9.88 Å². The molecule has 4 nitrogen and oxygen atoms in total. The lowest BCUT2D eigenvalue weighted by Gasteiger charge is -2.13. The van der Waals surface area contributed by atoms with Gasteiger partial charge in [-0.05, 0) is 60.9 Å². The second-order valence-electron chi connectivity index (χ2n) is 6.71. The molecule has 0 aliphatic rings. The molecule has 0 saturated heterocycles. The minimum Gasteiger partial charge on any atom is -0.347 e. The van der Waals surface area contributed by atoms with Gasteiger partial charge in [0, 0.05) is 18.4 Å². The molecule has 0 bridgehead atoms. The van der Waals surface area contributed by atoms with Gasteiger partial charge >= 0.3 is 6.18 Å². The molecule has 0 atom stereocenters. The van der Waals surface area contributed by atoms with Crippen LogP contribution in [0.4, 0.5) is 13.2 Å². The second-order valence-corrected chi connectivity index (χ2v) is 6.71. The van der Waals surface area contributed by atoms with Gasteiger partial charge in [-0.25, -0.2) is 0 Å². The largest absolute Gasteiger partial charge is 0.416 e. The Balaban J connectivity index is 1.87. The molecule has 0 spiro atoms. The summed E-state index contributed by atoms with van der Waals surface area (Å²) in [5.74, 6) is -0.540. The Kier molecular flexibility index (Phi) is 5.46. The van der Waals surface area contributed by atoms with Crippen LogP contribution in [0, 0.1) is 25.2 Å². The number of nitrogens with one attached hydrogen (secondary N) is 1. The van der Waals surface area contributed by atoms with Crippen LogP contribution in [0.3, 0.4) is 0 Å². The molecule has 0 radical (unpaired) electrons. The third kappa shape index (κ3) is 4.32. The number of aromatic nitrogens is 1. The molecular weight excluding hydrogens is 379 g/mol. The highest BCUT2D eigenvalue weighted by Gasteiger charge is 2.30. The highest BCUT2D eigenvalue weighted by molar-refractivity contribution is 5.95. The predicted molar refractivity (Wildman–Crippen MR) is 103 cm³/mol. The van der Waals surface area contributed by atoms with Gasteiger partial charge in [-0.1, -0.05) is 18.2 Å². The van der Waals surface area contributed by atoms with Gasteiger partial charge in [0.15, 0.2) is 0 Å². The minimum atomic E-state index is -4.45. The zero-order valence-corrected chi connectivity index (χ0v) is 15.8. The number of hydrogen-bond donors (Lipinski definition) is 1. The molecular formula is C22H18F3N3O. The van der Waals surface area contributed by atoms with E-state index in [1.807, 2.05) is 38.1 Å². The van der Waals surface area contributed by atoms with Gasteiger partial charge in [0.1, 0.15) is 11.8 Å². The van der Waals surface area contributed by atoms with Gasteiger partial charge in [0.2, 0.25) is 0 Å². The van der Waals surface area contributed by atoms with E-state index in [2.05, 4.69) is 5.32 Å².